The highest BCUT2D eigenvalue weighted by atomic mass is 16.1. The van der Waals surface area contributed by atoms with Crippen molar-refractivity contribution in [2.45, 2.75) is 20.8 Å². The summed E-state index contributed by atoms with van der Waals surface area (Å²) in [7, 11) is 0. The van der Waals surface area contributed by atoms with Crippen LogP contribution in [0, 0.1) is 24.2 Å². The van der Waals surface area contributed by atoms with Gasteiger partial charge in [-0.2, -0.15) is 5.26 Å². The van der Waals surface area contributed by atoms with Crippen LogP contribution in [0.2, 0.25) is 0 Å². The van der Waals surface area contributed by atoms with E-state index < -0.39 is 0 Å². The minimum Gasteiger partial charge on any atom is -0.360 e. The van der Waals surface area contributed by atoms with Crippen molar-refractivity contribution >= 4 is 11.6 Å². The lowest BCUT2D eigenvalue weighted by molar-refractivity contribution is -0.117. The summed E-state index contributed by atoms with van der Waals surface area (Å²) in [5.74, 6) is 0.00441. The van der Waals surface area contributed by atoms with E-state index in [1.807, 2.05) is 51.1 Å². The van der Waals surface area contributed by atoms with Gasteiger partial charge in [0.15, 0.2) is 0 Å². The first-order valence-electron chi connectivity index (χ1n) is 6.24. The normalized spacial score (nSPS) is 11.0. The fraction of sp³-hybridized carbons (Fsp3) is 0.333. The van der Waals surface area contributed by atoms with E-state index >= 15 is 0 Å². The van der Waals surface area contributed by atoms with E-state index in [0.717, 1.165) is 11.3 Å². The molecule has 4 heteroatoms. The Balaban J connectivity index is 2.64. The molecule has 1 rings (SSSR count). The molecule has 0 radical (unpaired) electrons. The molecule has 1 amide bonds. The van der Waals surface area contributed by atoms with Crippen LogP contribution in [0.25, 0.3) is 0 Å². The van der Waals surface area contributed by atoms with Crippen molar-refractivity contribution in [3.63, 3.8) is 0 Å². The van der Waals surface area contributed by atoms with E-state index in [2.05, 4.69) is 10.6 Å². The number of amides is 1. The number of nitrogens with zero attached hydrogens (tertiary/aromatic N) is 1. The van der Waals surface area contributed by atoms with Gasteiger partial charge in [-0.05, 0) is 25.0 Å². The van der Waals surface area contributed by atoms with Gasteiger partial charge in [-0.15, -0.1) is 0 Å². The molecular weight excluding hydrogens is 238 g/mol. The zero-order valence-corrected chi connectivity index (χ0v) is 11.5. The predicted octanol–water partition coefficient (Wildman–Crippen LogP) is 2.59. The average Bonchev–Trinajstić information content (AvgIpc) is 2.39. The van der Waals surface area contributed by atoms with Crippen molar-refractivity contribution in [1.82, 2.24) is 5.32 Å². The zero-order valence-electron chi connectivity index (χ0n) is 11.5. The molecule has 0 aliphatic heterocycles. The molecule has 0 aliphatic carbocycles. The third-order valence-electron chi connectivity index (χ3n) is 2.47. The number of rotatable bonds is 5. The van der Waals surface area contributed by atoms with Gasteiger partial charge in [0.25, 0.3) is 5.91 Å². The second kappa shape index (κ2) is 7.22. The maximum Gasteiger partial charge on any atom is 0.263 e. The van der Waals surface area contributed by atoms with Gasteiger partial charge in [0.1, 0.15) is 11.6 Å². The van der Waals surface area contributed by atoms with E-state index in [1.165, 1.54) is 6.20 Å². The number of nitriles is 1. The van der Waals surface area contributed by atoms with E-state index in [-0.39, 0.29) is 11.5 Å². The lowest BCUT2D eigenvalue weighted by atomic mass is 10.2. The molecule has 0 unspecified atom stereocenters. The van der Waals surface area contributed by atoms with Gasteiger partial charge in [0.05, 0.1) is 0 Å². The van der Waals surface area contributed by atoms with Crippen LogP contribution >= 0.6 is 0 Å². The highest BCUT2D eigenvalue weighted by molar-refractivity contribution is 5.97. The molecule has 0 bridgehead atoms. The summed E-state index contributed by atoms with van der Waals surface area (Å²) < 4.78 is 0. The molecule has 0 aromatic heterocycles. The molecule has 4 nitrogen and oxygen atoms in total. The second-order valence-corrected chi connectivity index (χ2v) is 4.78. The van der Waals surface area contributed by atoms with Crippen molar-refractivity contribution in [3.8, 4) is 6.07 Å². The molecule has 19 heavy (non-hydrogen) atoms. The zero-order chi connectivity index (χ0) is 14.3. The molecule has 0 saturated carbocycles. The molecule has 100 valence electrons. The molecule has 0 fully saturated rings. The first kappa shape index (κ1) is 14.8. The highest BCUT2D eigenvalue weighted by Crippen LogP contribution is 2.09. The lowest BCUT2D eigenvalue weighted by Crippen LogP contribution is -2.28. The van der Waals surface area contributed by atoms with Crippen LogP contribution in [0.1, 0.15) is 19.4 Å². The highest BCUT2D eigenvalue weighted by Gasteiger charge is 2.08. The summed E-state index contributed by atoms with van der Waals surface area (Å²) in [6.07, 6.45) is 1.43. The topological polar surface area (TPSA) is 64.9 Å². The fourth-order valence-electron chi connectivity index (χ4n) is 1.35. The van der Waals surface area contributed by atoms with Crippen molar-refractivity contribution in [2.24, 2.45) is 5.92 Å². The van der Waals surface area contributed by atoms with Crippen molar-refractivity contribution < 1.29 is 4.79 Å². The van der Waals surface area contributed by atoms with Crippen LogP contribution in [0.5, 0.6) is 0 Å². The Morgan fingerprint density at radius 3 is 2.53 bits per heavy atom. The van der Waals surface area contributed by atoms with Crippen LogP contribution in [-0.4, -0.2) is 12.5 Å². The molecule has 0 heterocycles. The van der Waals surface area contributed by atoms with Crippen LogP contribution in [0.4, 0.5) is 5.69 Å². The van der Waals surface area contributed by atoms with Gasteiger partial charge in [-0.3, -0.25) is 4.79 Å². The number of nitrogens with one attached hydrogen (secondary N) is 2. The number of aryl methyl sites for hydroxylation is 1. The minimum atomic E-state index is -0.351. The second-order valence-electron chi connectivity index (χ2n) is 4.78. The molecule has 0 aliphatic rings. The number of carbonyl (C=O) groups excluding carboxylic acids is 1. The molecule has 0 atom stereocenters. The van der Waals surface area contributed by atoms with E-state index in [0.29, 0.717) is 12.5 Å². The summed E-state index contributed by atoms with van der Waals surface area (Å²) in [4.78, 5) is 11.7. The quantitative estimate of drug-likeness (QED) is 0.629. The summed E-state index contributed by atoms with van der Waals surface area (Å²) in [6, 6.07) is 9.60. The Morgan fingerprint density at radius 1 is 1.37 bits per heavy atom. The number of hydrogen-bond acceptors (Lipinski definition) is 3. The Kier molecular flexibility index (Phi) is 5.62. The van der Waals surface area contributed by atoms with Gasteiger partial charge in [-0.1, -0.05) is 31.5 Å². The fourth-order valence-corrected chi connectivity index (χ4v) is 1.35. The largest absolute Gasteiger partial charge is 0.360 e. The van der Waals surface area contributed by atoms with Gasteiger partial charge >= 0.3 is 0 Å². The average molecular weight is 257 g/mol. The molecule has 0 saturated heterocycles. The minimum absolute atomic E-state index is 0.0706. The van der Waals surface area contributed by atoms with E-state index in [1.54, 1.807) is 0 Å². The monoisotopic (exact) mass is 257 g/mol. The number of anilines is 1. The molecule has 1 aromatic rings. The smallest absolute Gasteiger partial charge is 0.263 e. The van der Waals surface area contributed by atoms with Crippen molar-refractivity contribution in [3.05, 3.63) is 41.6 Å². The van der Waals surface area contributed by atoms with Gasteiger partial charge in [-0.25, -0.2) is 0 Å². The standard InChI is InChI=1S/C15H19N3O/c1-11(2)9-18-15(19)13(8-16)10-17-14-6-4-12(3)5-7-14/h4-7,10-11,17H,9H2,1-3H3,(H,18,19)/b13-10-. The number of carbonyl (C=O) groups is 1. The first-order chi connectivity index (χ1) is 9.02. The number of hydrogen-bond donors (Lipinski definition) is 2. The van der Waals surface area contributed by atoms with Crippen molar-refractivity contribution in [2.75, 3.05) is 11.9 Å². The first-order valence-corrected chi connectivity index (χ1v) is 6.24. The van der Waals surface area contributed by atoms with Crippen LogP contribution in [0.3, 0.4) is 0 Å². The van der Waals surface area contributed by atoms with Gasteiger partial charge in [0.2, 0.25) is 0 Å². The Hall–Kier alpha value is -2.28. The van der Waals surface area contributed by atoms with Gasteiger partial charge < -0.3 is 10.6 Å². The molecule has 0 spiro atoms. The Labute approximate surface area is 114 Å². The maximum atomic E-state index is 11.7. The van der Waals surface area contributed by atoms with Gasteiger partial charge in [0, 0.05) is 18.4 Å². The summed E-state index contributed by atoms with van der Waals surface area (Å²) in [6.45, 7) is 6.56. The van der Waals surface area contributed by atoms with E-state index in [4.69, 9.17) is 5.26 Å². The SMILES string of the molecule is Cc1ccc(N/C=C(/C#N)C(=O)NCC(C)C)cc1. The summed E-state index contributed by atoms with van der Waals surface area (Å²) >= 11 is 0. The van der Waals surface area contributed by atoms with Crippen molar-refractivity contribution in [1.29, 1.82) is 5.26 Å². The summed E-state index contributed by atoms with van der Waals surface area (Å²) in [5, 5.41) is 14.6. The Bertz CT molecular complexity index is 495. The van der Waals surface area contributed by atoms with Crippen LogP contribution in [-0.2, 0) is 4.79 Å². The lowest BCUT2D eigenvalue weighted by Gasteiger charge is -2.07. The molecule has 2 N–H and O–H groups in total. The Morgan fingerprint density at radius 2 is 2.00 bits per heavy atom. The van der Waals surface area contributed by atoms with E-state index in [9.17, 15) is 4.79 Å². The predicted molar refractivity (Wildman–Crippen MR) is 76.3 cm³/mol. The third kappa shape index (κ3) is 5.26. The summed E-state index contributed by atoms with van der Waals surface area (Å²) in [5.41, 5.74) is 2.07. The molecule has 1 aromatic carbocycles. The maximum absolute atomic E-state index is 11.7. The number of benzene rings is 1. The van der Waals surface area contributed by atoms with Crippen LogP contribution < -0.4 is 10.6 Å². The van der Waals surface area contributed by atoms with Crippen LogP contribution in [0.15, 0.2) is 36.0 Å². The molecular formula is C15H19N3O. The third-order valence-corrected chi connectivity index (χ3v) is 2.47.